The zero-order valence-electron chi connectivity index (χ0n) is 13.8. The quantitative estimate of drug-likeness (QED) is 0.810. The third-order valence-corrected chi connectivity index (χ3v) is 3.86. The molecule has 0 bridgehead atoms. The number of nitrogens with one attached hydrogen (secondary N) is 3. The van der Waals surface area contributed by atoms with Gasteiger partial charge in [-0.2, -0.15) is 0 Å². The molecule has 23 heavy (non-hydrogen) atoms. The molecule has 3 N–H and O–H groups in total. The van der Waals surface area contributed by atoms with Crippen molar-refractivity contribution in [3.8, 4) is 0 Å². The van der Waals surface area contributed by atoms with Crippen LogP contribution in [-0.4, -0.2) is 33.7 Å². The summed E-state index contributed by atoms with van der Waals surface area (Å²) in [4.78, 5) is 19.5. The fourth-order valence-corrected chi connectivity index (χ4v) is 2.71. The highest BCUT2D eigenvalue weighted by Crippen LogP contribution is 2.21. The van der Waals surface area contributed by atoms with Gasteiger partial charge < -0.3 is 20.4 Å². The average molecular weight is 316 g/mol. The number of ether oxygens (including phenoxy) is 1. The fourth-order valence-electron chi connectivity index (χ4n) is 2.71. The van der Waals surface area contributed by atoms with Crippen LogP contribution in [0, 0.1) is 0 Å². The molecule has 0 radical (unpaired) electrons. The van der Waals surface area contributed by atoms with Crippen LogP contribution in [0.15, 0.2) is 24.3 Å². The van der Waals surface area contributed by atoms with Crippen LogP contribution in [0.25, 0.3) is 11.0 Å². The highest BCUT2D eigenvalue weighted by Gasteiger charge is 2.31. The largest absolute Gasteiger partial charge is 0.444 e. The predicted molar refractivity (Wildman–Crippen MR) is 89.1 cm³/mol. The van der Waals surface area contributed by atoms with Crippen molar-refractivity contribution in [1.82, 2.24) is 20.6 Å². The molecule has 0 spiro atoms. The Kier molecular flexibility index (Phi) is 4.26. The van der Waals surface area contributed by atoms with Gasteiger partial charge in [0, 0.05) is 12.1 Å². The van der Waals surface area contributed by atoms with Gasteiger partial charge in [-0.15, -0.1) is 0 Å². The van der Waals surface area contributed by atoms with Crippen molar-refractivity contribution in [3.05, 3.63) is 30.1 Å². The van der Waals surface area contributed by atoms with Crippen molar-refractivity contribution in [2.75, 3.05) is 0 Å². The first-order valence-electron chi connectivity index (χ1n) is 8.05. The van der Waals surface area contributed by atoms with Gasteiger partial charge in [0.25, 0.3) is 0 Å². The summed E-state index contributed by atoms with van der Waals surface area (Å²) in [6.45, 7) is 6.31. The predicted octanol–water partition coefficient (Wildman–Crippen LogP) is 2.71. The Hall–Kier alpha value is -2.08. The van der Waals surface area contributed by atoms with Gasteiger partial charge in [-0.25, -0.2) is 9.78 Å². The van der Waals surface area contributed by atoms with Gasteiger partial charge >= 0.3 is 6.09 Å². The summed E-state index contributed by atoms with van der Waals surface area (Å²) < 4.78 is 5.26. The lowest BCUT2D eigenvalue weighted by Gasteiger charge is -2.36. The van der Waals surface area contributed by atoms with E-state index in [-0.39, 0.29) is 12.1 Å². The third-order valence-electron chi connectivity index (χ3n) is 3.86. The third kappa shape index (κ3) is 4.22. The minimum atomic E-state index is -0.452. The minimum Gasteiger partial charge on any atom is -0.444 e. The molecule has 0 saturated heterocycles. The van der Waals surface area contributed by atoms with E-state index in [2.05, 4.69) is 20.6 Å². The number of hydrogen-bond donors (Lipinski definition) is 3. The fraction of sp³-hybridized carbons (Fsp3) is 0.529. The Morgan fingerprint density at radius 1 is 1.30 bits per heavy atom. The Bertz CT molecular complexity index is 650. The number of alkyl carbamates (subject to hydrolysis) is 1. The van der Waals surface area contributed by atoms with Crippen LogP contribution < -0.4 is 10.6 Å². The van der Waals surface area contributed by atoms with E-state index in [1.165, 1.54) is 0 Å². The second-order valence-electron chi connectivity index (χ2n) is 7.09. The van der Waals surface area contributed by atoms with Crippen molar-refractivity contribution in [2.24, 2.45) is 0 Å². The van der Waals surface area contributed by atoms with E-state index in [1.54, 1.807) is 0 Å². The lowest BCUT2D eigenvalue weighted by molar-refractivity contribution is 0.0465. The molecular formula is C17H24N4O2. The van der Waals surface area contributed by atoms with Gasteiger partial charge in [0.1, 0.15) is 11.4 Å². The van der Waals surface area contributed by atoms with Crippen LogP contribution in [0.1, 0.15) is 39.4 Å². The SMILES string of the molecule is CC(C)(C)OC(=O)NC1CC(NCc2nc3ccccc3[nH]2)C1. The second kappa shape index (κ2) is 6.20. The maximum Gasteiger partial charge on any atom is 0.407 e. The number of rotatable bonds is 4. The average Bonchev–Trinajstić information content (AvgIpc) is 2.81. The first-order chi connectivity index (χ1) is 10.9. The second-order valence-corrected chi connectivity index (χ2v) is 7.09. The van der Waals surface area contributed by atoms with Gasteiger partial charge in [0.15, 0.2) is 0 Å². The minimum absolute atomic E-state index is 0.193. The molecule has 124 valence electrons. The van der Waals surface area contributed by atoms with Crippen LogP contribution in [0.2, 0.25) is 0 Å². The summed E-state index contributed by atoms with van der Waals surface area (Å²) in [5, 5.41) is 6.36. The smallest absolute Gasteiger partial charge is 0.407 e. The van der Waals surface area contributed by atoms with E-state index in [4.69, 9.17) is 4.74 Å². The molecule has 1 saturated carbocycles. The molecule has 6 heteroatoms. The Labute approximate surface area is 136 Å². The molecule has 0 aliphatic heterocycles. The van der Waals surface area contributed by atoms with Crippen LogP contribution in [0.4, 0.5) is 4.79 Å². The zero-order valence-corrected chi connectivity index (χ0v) is 13.8. The lowest BCUT2D eigenvalue weighted by atomic mass is 9.87. The van der Waals surface area contributed by atoms with Crippen LogP contribution >= 0.6 is 0 Å². The van der Waals surface area contributed by atoms with Gasteiger partial charge in [-0.3, -0.25) is 0 Å². The van der Waals surface area contributed by atoms with Crippen molar-refractivity contribution in [2.45, 2.75) is 57.8 Å². The molecular weight excluding hydrogens is 292 g/mol. The molecule has 1 amide bonds. The molecule has 0 atom stereocenters. The van der Waals surface area contributed by atoms with Crippen LogP contribution in [0.5, 0.6) is 0 Å². The first kappa shape index (κ1) is 15.8. The zero-order chi connectivity index (χ0) is 16.4. The van der Waals surface area contributed by atoms with Gasteiger partial charge in [-0.05, 0) is 45.7 Å². The van der Waals surface area contributed by atoms with E-state index in [1.807, 2.05) is 45.0 Å². The molecule has 1 fully saturated rings. The van der Waals surface area contributed by atoms with E-state index in [9.17, 15) is 4.79 Å². The number of benzene rings is 1. The summed E-state index contributed by atoms with van der Waals surface area (Å²) in [5.41, 5.74) is 1.59. The number of hydrogen-bond acceptors (Lipinski definition) is 4. The number of carbonyl (C=O) groups excluding carboxylic acids is 1. The number of H-pyrrole nitrogens is 1. The van der Waals surface area contributed by atoms with E-state index in [0.29, 0.717) is 12.6 Å². The topological polar surface area (TPSA) is 79.0 Å². The molecule has 1 aliphatic carbocycles. The number of amides is 1. The molecule has 2 aromatic rings. The number of aromatic nitrogens is 2. The maximum absolute atomic E-state index is 11.7. The van der Waals surface area contributed by atoms with Gasteiger partial charge in [-0.1, -0.05) is 12.1 Å². The monoisotopic (exact) mass is 316 g/mol. The molecule has 1 heterocycles. The van der Waals surface area contributed by atoms with E-state index in [0.717, 1.165) is 29.7 Å². The number of para-hydroxylation sites is 2. The number of imidazole rings is 1. The van der Waals surface area contributed by atoms with E-state index >= 15 is 0 Å². The van der Waals surface area contributed by atoms with Crippen molar-refractivity contribution < 1.29 is 9.53 Å². The number of carbonyl (C=O) groups is 1. The standard InChI is InChI=1S/C17H24N4O2/c1-17(2,3)23-16(22)19-12-8-11(9-12)18-10-15-20-13-6-4-5-7-14(13)21-15/h4-7,11-12,18H,8-10H2,1-3H3,(H,19,22)(H,20,21). The summed E-state index contributed by atoms with van der Waals surface area (Å²) in [5.74, 6) is 0.940. The number of nitrogens with zero attached hydrogens (tertiary/aromatic N) is 1. The molecule has 0 unspecified atom stereocenters. The molecule has 1 aliphatic rings. The lowest BCUT2D eigenvalue weighted by Crippen LogP contribution is -2.53. The van der Waals surface area contributed by atoms with Gasteiger partial charge in [0.05, 0.1) is 17.6 Å². The highest BCUT2D eigenvalue weighted by atomic mass is 16.6. The Morgan fingerprint density at radius 3 is 2.74 bits per heavy atom. The molecule has 1 aromatic carbocycles. The summed E-state index contributed by atoms with van der Waals surface area (Å²) >= 11 is 0. The normalized spacial score (nSPS) is 21.0. The molecule has 1 aromatic heterocycles. The highest BCUT2D eigenvalue weighted by molar-refractivity contribution is 5.74. The van der Waals surface area contributed by atoms with Gasteiger partial charge in [0.2, 0.25) is 0 Å². The van der Waals surface area contributed by atoms with E-state index < -0.39 is 5.60 Å². The molecule has 6 nitrogen and oxygen atoms in total. The first-order valence-corrected chi connectivity index (χ1v) is 8.05. The van der Waals surface area contributed by atoms with Crippen molar-refractivity contribution in [1.29, 1.82) is 0 Å². The van der Waals surface area contributed by atoms with Crippen molar-refractivity contribution in [3.63, 3.8) is 0 Å². The maximum atomic E-state index is 11.7. The Balaban J connectivity index is 1.40. The number of aromatic amines is 1. The van der Waals surface area contributed by atoms with Crippen LogP contribution in [-0.2, 0) is 11.3 Å². The summed E-state index contributed by atoms with van der Waals surface area (Å²) in [6, 6.07) is 8.60. The number of fused-ring (bicyclic) bond motifs is 1. The Morgan fingerprint density at radius 2 is 2.04 bits per heavy atom. The van der Waals surface area contributed by atoms with Crippen LogP contribution in [0.3, 0.4) is 0 Å². The summed E-state index contributed by atoms with van der Waals surface area (Å²) in [6.07, 6.45) is 1.50. The van der Waals surface area contributed by atoms with Crippen molar-refractivity contribution >= 4 is 17.1 Å². The molecule has 3 rings (SSSR count). The summed E-state index contributed by atoms with van der Waals surface area (Å²) in [7, 11) is 0.